The number of aromatic nitrogens is 2. The minimum absolute atomic E-state index is 0.000267. The van der Waals surface area contributed by atoms with Gasteiger partial charge in [-0.2, -0.15) is 0 Å². The number of benzene rings is 1. The highest BCUT2D eigenvalue weighted by molar-refractivity contribution is 7.99. The molecular weight excluding hydrogens is 254 g/mol. The van der Waals surface area contributed by atoms with Crippen molar-refractivity contribution in [1.29, 1.82) is 0 Å². The first-order valence-electron chi connectivity index (χ1n) is 5.28. The third kappa shape index (κ3) is 2.83. The van der Waals surface area contributed by atoms with E-state index in [1.807, 2.05) is 42.9 Å². The summed E-state index contributed by atoms with van der Waals surface area (Å²) in [6, 6.07) is 5.90. The monoisotopic (exact) mass is 267 g/mol. The van der Waals surface area contributed by atoms with Crippen LogP contribution in [0.2, 0.25) is 5.02 Å². The van der Waals surface area contributed by atoms with Gasteiger partial charge >= 0.3 is 0 Å². The first-order valence-corrected chi connectivity index (χ1v) is 6.47. The Kier molecular flexibility index (Phi) is 3.76. The first kappa shape index (κ1) is 12.5. The highest BCUT2D eigenvalue weighted by atomic mass is 35.5. The van der Waals surface area contributed by atoms with Gasteiger partial charge in [0.25, 0.3) is 0 Å². The number of aryl methyl sites for hydroxylation is 1. The Balaban J connectivity index is 2.26. The maximum atomic E-state index is 6.23. The van der Waals surface area contributed by atoms with Gasteiger partial charge in [-0.15, -0.1) is 0 Å². The number of nitrogens with zero attached hydrogens (tertiary/aromatic N) is 2. The maximum absolute atomic E-state index is 6.23. The molecular formula is C12H14ClN3S. The van der Waals surface area contributed by atoms with Crippen LogP contribution < -0.4 is 5.73 Å². The van der Waals surface area contributed by atoms with Gasteiger partial charge in [-0.3, -0.25) is 0 Å². The Morgan fingerprint density at radius 1 is 1.47 bits per heavy atom. The number of imidazole rings is 1. The molecule has 5 heteroatoms. The van der Waals surface area contributed by atoms with Gasteiger partial charge in [0.05, 0.1) is 5.02 Å². The predicted octanol–water partition coefficient (Wildman–Crippen LogP) is 3.24. The zero-order valence-corrected chi connectivity index (χ0v) is 11.3. The van der Waals surface area contributed by atoms with Gasteiger partial charge in [0.15, 0.2) is 5.16 Å². The molecule has 2 aromatic rings. The van der Waals surface area contributed by atoms with E-state index in [1.165, 1.54) is 0 Å². The molecule has 0 bridgehead atoms. The smallest absolute Gasteiger partial charge is 0.172 e. The molecule has 0 aliphatic heterocycles. The first-order chi connectivity index (χ1) is 8.08. The summed E-state index contributed by atoms with van der Waals surface area (Å²) >= 11 is 7.78. The van der Waals surface area contributed by atoms with Crippen LogP contribution in [0, 0.1) is 0 Å². The van der Waals surface area contributed by atoms with Crippen molar-refractivity contribution in [2.45, 2.75) is 23.0 Å². The summed E-state index contributed by atoms with van der Waals surface area (Å²) in [5.41, 5.74) is 6.85. The lowest BCUT2D eigenvalue weighted by Gasteiger charge is -2.09. The van der Waals surface area contributed by atoms with Crippen LogP contribution in [0.1, 0.15) is 18.5 Å². The molecule has 17 heavy (non-hydrogen) atoms. The van der Waals surface area contributed by atoms with Crippen molar-refractivity contribution >= 4 is 23.4 Å². The van der Waals surface area contributed by atoms with Crippen molar-refractivity contribution in [2.24, 2.45) is 12.8 Å². The van der Waals surface area contributed by atoms with Crippen LogP contribution >= 0.6 is 23.4 Å². The van der Waals surface area contributed by atoms with E-state index in [-0.39, 0.29) is 6.04 Å². The second-order valence-corrected chi connectivity index (χ2v) is 5.32. The van der Waals surface area contributed by atoms with E-state index in [0.717, 1.165) is 15.6 Å². The Labute approximate surface area is 110 Å². The fraction of sp³-hybridized carbons (Fsp3) is 0.250. The van der Waals surface area contributed by atoms with Crippen LogP contribution in [0.25, 0.3) is 0 Å². The highest BCUT2D eigenvalue weighted by Gasteiger charge is 2.08. The molecule has 1 aromatic heterocycles. The molecule has 0 fully saturated rings. The van der Waals surface area contributed by atoms with E-state index in [2.05, 4.69) is 4.98 Å². The predicted molar refractivity (Wildman–Crippen MR) is 71.4 cm³/mol. The minimum atomic E-state index is -0.000267. The highest BCUT2D eigenvalue weighted by Crippen LogP contribution is 2.33. The number of hydrogen-bond acceptors (Lipinski definition) is 3. The average Bonchev–Trinajstić information content (AvgIpc) is 2.67. The Hall–Kier alpha value is -0.970. The van der Waals surface area contributed by atoms with E-state index in [1.54, 1.807) is 18.0 Å². The maximum Gasteiger partial charge on any atom is 0.172 e. The molecule has 0 unspecified atom stereocenters. The summed E-state index contributed by atoms with van der Waals surface area (Å²) in [5.74, 6) is 0. The normalized spacial score (nSPS) is 12.7. The Morgan fingerprint density at radius 2 is 2.24 bits per heavy atom. The lowest BCUT2D eigenvalue weighted by atomic mass is 10.1. The van der Waals surface area contributed by atoms with Crippen LogP contribution in [-0.2, 0) is 7.05 Å². The molecule has 0 saturated heterocycles. The molecule has 2 N–H and O–H groups in total. The fourth-order valence-electron chi connectivity index (χ4n) is 1.43. The number of hydrogen-bond donors (Lipinski definition) is 1. The second-order valence-electron chi connectivity index (χ2n) is 3.90. The van der Waals surface area contributed by atoms with Crippen molar-refractivity contribution < 1.29 is 0 Å². The van der Waals surface area contributed by atoms with Crippen molar-refractivity contribution in [3.8, 4) is 0 Å². The number of rotatable bonds is 3. The Morgan fingerprint density at radius 3 is 2.76 bits per heavy atom. The van der Waals surface area contributed by atoms with Gasteiger partial charge in [-0.1, -0.05) is 29.4 Å². The molecule has 1 heterocycles. The molecule has 1 aromatic carbocycles. The molecule has 0 saturated carbocycles. The van der Waals surface area contributed by atoms with Gasteiger partial charge in [0, 0.05) is 30.4 Å². The van der Waals surface area contributed by atoms with Crippen LogP contribution in [0.4, 0.5) is 0 Å². The molecule has 3 nitrogen and oxygen atoms in total. The number of halogens is 1. The van der Waals surface area contributed by atoms with E-state index < -0.39 is 0 Å². The number of nitrogens with two attached hydrogens (primary N) is 1. The summed E-state index contributed by atoms with van der Waals surface area (Å²) in [5, 5.41) is 1.63. The molecule has 0 radical (unpaired) electrons. The van der Waals surface area contributed by atoms with Crippen molar-refractivity contribution in [3.05, 3.63) is 41.2 Å². The molecule has 90 valence electrons. The zero-order valence-electron chi connectivity index (χ0n) is 9.72. The fourth-order valence-corrected chi connectivity index (χ4v) is 2.54. The van der Waals surface area contributed by atoms with E-state index in [4.69, 9.17) is 17.3 Å². The molecule has 2 rings (SSSR count). The second kappa shape index (κ2) is 5.12. The summed E-state index contributed by atoms with van der Waals surface area (Å²) in [6.07, 6.45) is 3.68. The standard InChI is InChI=1S/C12H14ClN3S/c1-8(14)9-3-4-11(10(13)7-9)17-12-15-5-6-16(12)2/h3-8H,14H2,1-2H3/t8-/m1/s1. The van der Waals surface area contributed by atoms with Crippen LogP contribution in [0.5, 0.6) is 0 Å². The van der Waals surface area contributed by atoms with Gasteiger partial charge < -0.3 is 10.3 Å². The quantitative estimate of drug-likeness (QED) is 0.928. The third-order valence-corrected chi connectivity index (χ3v) is 4.04. The lowest BCUT2D eigenvalue weighted by molar-refractivity contribution is 0.790. The van der Waals surface area contributed by atoms with Crippen molar-refractivity contribution in [2.75, 3.05) is 0 Å². The van der Waals surface area contributed by atoms with Crippen LogP contribution in [-0.4, -0.2) is 9.55 Å². The summed E-state index contributed by atoms with van der Waals surface area (Å²) in [4.78, 5) is 5.24. The molecule has 0 amide bonds. The van der Waals surface area contributed by atoms with Crippen LogP contribution in [0.15, 0.2) is 40.6 Å². The molecule has 0 aliphatic rings. The largest absolute Gasteiger partial charge is 0.329 e. The van der Waals surface area contributed by atoms with Gasteiger partial charge in [0.1, 0.15) is 0 Å². The Bertz CT molecular complexity index is 522. The van der Waals surface area contributed by atoms with Gasteiger partial charge in [-0.05, 0) is 24.6 Å². The van der Waals surface area contributed by atoms with E-state index in [0.29, 0.717) is 5.02 Å². The van der Waals surface area contributed by atoms with Crippen molar-refractivity contribution in [1.82, 2.24) is 9.55 Å². The van der Waals surface area contributed by atoms with Crippen LogP contribution in [0.3, 0.4) is 0 Å². The molecule has 0 aliphatic carbocycles. The summed E-state index contributed by atoms with van der Waals surface area (Å²) in [6.45, 7) is 1.94. The zero-order chi connectivity index (χ0) is 12.4. The third-order valence-electron chi connectivity index (χ3n) is 2.46. The molecule has 1 atom stereocenters. The average molecular weight is 268 g/mol. The van der Waals surface area contributed by atoms with Crippen molar-refractivity contribution in [3.63, 3.8) is 0 Å². The summed E-state index contributed by atoms with van der Waals surface area (Å²) < 4.78 is 1.96. The van der Waals surface area contributed by atoms with E-state index >= 15 is 0 Å². The van der Waals surface area contributed by atoms with E-state index in [9.17, 15) is 0 Å². The van der Waals surface area contributed by atoms with Gasteiger partial charge in [0.2, 0.25) is 0 Å². The molecule has 0 spiro atoms. The topological polar surface area (TPSA) is 43.8 Å². The summed E-state index contributed by atoms with van der Waals surface area (Å²) in [7, 11) is 1.96. The minimum Gasteiger partial charge on any atom is -0.329 e. The van der Waals surface area contributed by atoms with Gasteiger partial charge in [-0.25, -0.2) is 4.98 Å². The lowest BCUT2D eigenvalue weighted by Crippen LogP contribution is -2.04. The SMILES string of the molecule is C[C@@H](N)c1ccc(Sc2nccn2C)c(Cl)c1.